The van der Waals surface area contributed by atoms with Crippen LogP contribution in [0.15, 0.2) is 64.6 Å². The van der Waals surface area contributed by atoms with E-state index in [4.69, 9.17) is 4.42 Å². The summed E-state index contributed by atoms with van der Waals surface area (Å²) in [4.78, 5) is 15.0. The molecule has 5 heteroatoms. The molecule has 0 spiro atoms. The van der Waals surface area contributed by atoms with Crippen molar-refractivity contribution in [2.24, 2.45) is 0 Å². The Labute approximate surface area is 150 Å². The van der Waals surface area contributed by atoms with Crippen LogP contribution in [0.4, 0.5) is 4.39 Å². The molecule has 1 aromatic carbocycles. The topological polar surface area (TPSA) is 33.5 Å². The van der Waals surface area contributed by atoms with E-state index in [2.05, 4.69) is 0 Å². The Morgan fingerprint density at radius 1 is 1.20 bits per heavy atom. The summed E-state index contributed by atoms with van der Waals surface area (Å²) < 4.78 is 18.8. The van der Waals surface area contributed by atoms with E-state index in [1.54, 1.807) is 36.7 Å². The molecular weight excluding hydrogens is 337 g/mol. The number of amides is 1. The quantitative estimate of drug-likeness (QED) is 0.593. The minimum absolute atomic E-state index is 0.0132. The maximum Gasteiger partial charge on any atom is 0.219 e. The molecule has 3 aromatic rings. The molecule has 2 heterocycles. The van der Waals surface area contributed by atoms with Crippen LogP contribution in [-0.2, 0) is 11.3 Å². The van der Waals surface area contributed by atoms with E-state index in [0.29, 0.717) is 19.5 Å². The highest BCUT2D eigenvalue weighted by Gasteiger charge is 2.20. The fraction of sp³-hybridized carbons (Fsp3) is 0.250. The summed E-state index contributed by atoms with van der Waals surface area (Å²) in [7, 11) is 0. The van der Waals surface area contributed by atoms with Gasteiger partial charge in [-0.15, -0.1) is 11.3 Å². The molecule has 0 saturated carbocycles. The third-order valence-electron chi connectivity index (χ3n) is 4.22. The van der Waals surface area contributed by atoms with E-state index < -0.39 is 0 Å². The summed E-state index contributed by atoms with van der Waals surface area (Å²) in [5, 5.41) is 2.01. The average Bonchev–Trinajstić information content (AvgIpc) is 3.29. The van der Waals surface area contributed by atoms with Crippen molar-refractivity contribution >= 4 is 17.2 Å². The lowest BCUT2D eigenvalue weighted by Gasteiger charge is -2.23. The zero-order valence-corrected chi connectivity index (χ0v) is 14.8. The van der Waals surface area contributed by atoms with E-state index in [1.807, 2.05) is 34.5 Å². The molecule has 0 fully saturated rings. The number of carbonyl (C=O) groups is 1. The van der Waals surface area contributed by atoms with Gasteiger partial charge in [-0.3, -0.25) is 4.79 Å². The second-order valence-electron chi connectivity index (χ2n) is 5.93. The van der Waals surface area contributed by atoms with Crippen molar-refractivity contribution in [2.75, 3.05) is 6.54 Å². The molecule has 3 rings (SSSR count). The van der Waals surface area contributed by atoms with Crippen LogP contribution in [0.2, 0.25) is 0 Å². The van der Waals surface area contributed by atoms with E-state index in [0.717, 1.165) is 16.2 Å². The minimum atomic E-state index is -0.259. The Morgan fingerprint density at radius 2 is 2.00 bits per heavy atom. The van der Waals surface area contributed by atoms with E-state index in [1.165, 1.54) is 12.1 Å². The van der Waals surface area contributed by atoms with Crippen LogP contribution < -0.4 is 0 Å². The first-order chi connectivity index (χ1) is 12.1. The molecule has 0 aliphatic heterocycles. The van der Waals surface area contributed by atoms with E-state index >= 15 is 0 Å². The monoisotopic (exact) mass is 357 g/mol. The zero-order chi connectivity index (χ0) is 17.6. The smallest absolute Gasteiger partial charge is 0.219 e. The van der Waals surface area contributed by atoms with Gasteiger partial charge in [0.25, 0.3) is 0 Å². The molecule has 3 nitrogen and oxygen atoms in total. The predicted molar refractivity (Wildman–Crippen MR) is 97.0 cm³/mol. The number of furan rings is 1. The molecule has 0 radical (unpaired) electrons. The number of thiophene rings is 1. The van der Waals surface area contributed by atoms with E-state index in [9.17, 15) is 9.18 Å². The molecule has 1 amide bonds. The molecule has 25 heavy (non-hydrogen) atoms. The fourth-order valence-corrected chi connectivity index (χ4v) is 3.60. The van der Waals surface area contributed by atoms with Gasteiger partial charge in [0.2, 0.25) is 5.91 Å². The molecule has 0 unspecified atom stereocenters. The highest BCUT2D eigenvalue weighted by atomic mass is 32.1. The standard InChI is InChI=1S/C20H20FNO2S/c1-15(23)22(14-18-4-3-13-25-18)11-10-19(20-5-2-12-24-20)16-6-8-17(21)9-7-16/h2-9,12-13,19H,10-11,14H2,1H3/t19-/m1/s1. The van der Waals surface area contributed by atoms with Crippen molar-refractivity contribution in [3.63, 3.8) is 0 Å². The second kappa shape index (κ2) is 8.12. The largest absolute Gasteiger partial charge is 0.469 e. The zero-order valence-electron chi connectivity index (χ0n) is 14.0. The number of hydrogen-bond donors (Lipinski definition) is 0. The molecule has 0 N–H and O–H groups in total. The molecule has 1 atom stereocenters. The molecule has 2 aromatic heterocycles. The van der Waals surface area contributed by atoms with Crippen LogP contribution in [0.1, 0.15) is 35.5 Å². The van der Waals surface area contributed by atoms with Crippen LogP contribution in [0, 0.1) is 5.82 Å². The Hall–Kier alpha value is -2.40. The van der Waals surface area contributed by atoms with Crippen molar-refractivity contribution in [3.8, 4) is 0 Å². The second-order valence-corrected chi connectivity index (χ2v) is 6.96. The highest BCUT2D eigenvalue weighted by Crippen LogP contribution is 2.29. The van der Waals surface area contributed by atoms with Gasteiger partial charge >= 0.3 is 0 Å². The number of carbonyl (C=O) groups excluding carboxylic acids is 1. The van der Waals surface area contributed by atoms with Gasteiger partial charge in [0, 0.05) is 24.3 Å². The summed E-state index contributed by atoms with van der Waals surface area (Å²) in [5.41, 5.74) is 0.982. The maximum absolute atomic E-state index is 13.2. The minimum Gasteiger partial charge on any atom is -0.469 e. The average molecular weight is 357 g/mol. The molecular formula is C20H20FNO2S. The van der Waals surface area contributed by atoms with Gasteiger partial charge in [-0.05, 0) is 47.7 Å². The Balaban J connectivity index is 1.75. The molecule has 130 valence electrons. The van der Waals surface area contributed by atoms with Crippen molar-refractivity contribution in [1.82, 2.24) is 4.90 Å². The van der Waals surface area contributed by atoms with Gasteiger partial charge in [0.1, 0.15) is 11.6 Å². The number of halogens is 1. The van der Waals surface area contributed by atoms with Gasteiger partial charge in [0.15, 0.2) is 0 Å². The summed E-state index contributed by atoms with van der Waals surface area (Å²) in [6.45, 7) is 2.81. The predicted octanol–water partition coefficient (Wildman–Crippen LogP) is 5.05. The first-order valence-corrected chi connectivity index (χ1v) is 9.08. The first kappa shape index (κ1) is 17.4. The number of benzene rings is 1. The first-order valence-electron chi connectivity index (χ1n) is 8.20. The van der Waals surface area contributed by atoms with Crippen LogP contribution in [0.5, 0.6) is 0 Å². The number of hydrogen-bond acceptors (Lipinski definition) is 3. The van der Waals surface area contributed by atoms with Crippen LogP contribution in [0.25, 0.3) is 0 Å². The van der Waals surface area contributed by atoms with Gasteiger partial charge in [-0.25, -0.2) is 4.39 Å². The maximum atomic E-state index is 13.2. The van der Waals surface area contributed by atoms with Crippen molar-refractivity contribution < 1.29 is 13.6 Å². The van der Waals surface area contributed by atoms with Gasteiger partial charge in [-0.1, -0.05) is 18.2 Å². The summed E-state index contributed by atoms with van der Waals surface area (Å²) in [5.74, 6) is 0.600. The molecule has 0 aliphatic rings. The molecule has 0 bridgehead atoms. The third-order valence-corrected chi connectivity index (χ3v) is 5.08. The van der Waals surface area contributed by atoms with Crippen molar-refractivity contribution in [2.45, 2.75) is 25.8 Å². The summed E-state index contributed by atoms with van der Waals surface area (Å²) in [6, 6.07) is 14.3. The van der Waals surface area contributed by atoms with Crippen LogP contribution in [-0.4, -0.2) is 17.4 Å². The van der Waals surface area contributed by atoms with Crippen LogP contribution in [0.3, 0.4) is 0 Å². The normalized spacial score (nSPS) is 12.1. The lowest BCUT2D eigenvalue weighted by Crippen LogP contribution is -2.30. The van der Waals surface area contributed by atoms with Crippen LogP contribution >= 0.6 is 11.3 Å². The Bertz CT molecular complexity index is 782. The fourth-order valence-electron chi connectivity index (χ4n) is 2.88. The highest BCUT2D eigenvalue weighted by molar-refractivity contribution is 7.09. The SMILES string of the molecule is CC(=O)N(CC[C@H](c1ccc(F)cc1)c1ccco1)Cc1cccs1. The Kier molecular flexibility index (Phi) is 5.66. The summed E-state index contributed by atoms with van der Waals surface area (Å²) >= 11 is 1.64. The van der Waals surface area contributed by atoms with Gasteiger partial charge < -0.3 is 9.32 Å². The summed E-state index contributed by atoms with van der Waals surface area (Å²) in [6.07, 6.45) is 2.35. The number of nitrogens with zero attached hydrogens (tertiary/aromatic N) is 1. The third kappa shape index (κ3) is 4.57. The molecule has 0 aliphatic carbocycles. The lowest BCUT2D eigenvalue weighted by molar-refractivity contribution is -0.129. The van der Waals surface area contributed by atoms with Gasteiger partial charge in [-0.2, -0.15) is 0 Å². The number of rotatable bonds is 7. The van der Waals surface area contributed by atoms with Crippen molar-refractivity contribution in [1.29, 1.82) is 0 Å². The Morgan fingerprint density at radius 3 is 2.60 bits per heavy atom. The van der Waals surface area contributed by atoms with E-state index in [-0.39, 0.29) is 17.6 Å². The van der Waals surface area contributed by atoms with Crippen molar-refractivity contribution in [3.05, 3.63) is 82.2 Å². The van der Waals surface area contributed by atoms with Gasteiger partial charge in [0.05, 0.1) is 12.8 Å². The lowest BCUT2D eigenvalue weighted by atomic mass is 9.93. The molecule has 0 saturated heterocycles.